The third kappa shape index (κ3) is 2.91. The van der Waals surface area contributed by atoms with Gasteiger partial charge in [0, 0.05) is 32.6 Å². The van der Waals surface area contributed by atoms with Crippen LogP contribution >= 0.6 is 0 Å². The molecule has 0 saturated carbocycles. The molecule has 1 unspecified atom stereocenters. The zero-order chi connectivity index (χ0) is 14.8. The molecule has 4 nitrogen and oxygen atoms in total. The molecule has 1 aromatic carbocycles. The lowest BCUT2D eigenvalue weighted by molar-refractivity contribution is -0.139. The van der Waals surface area contributed by atoms with Gasteiger partial charge in [0.1, 0.15) is 5.75 Å². The summed E-state index contributed by atoms with van der Waals surface area (Å²) >= 11 is 0. The molecule has 2 aliphatic rings. The van der Waals surface area contributed by atoms with Crippen molar-refractivity contribution in [3.8, 4) is 5.75 Å². The Morgan fingerprint density at radius 3 is 2.71 bits per heavy atom. The van der Waals surface area contributed by atoms with Gasteiger partial charge in [-0.1, -0.05) is 25.1 Å². The third-order valence-corrected chi connectivity index (χ3v) is 4.82. The fraction of sp³-hybridized carbons (Fsp3) is 0.588. The topological polar surface area (TPSA) is 32.8 Å². The fourth-order valence-electron chi connectivity index (χ4n) is 3.35. The Morgan fingerprint density at radius 2 is 2.05 bits per heavy atom. The Labute approximate surface area is 126 Å². The lowest BCUT2D eigenvalue weighted by Gasteiger charge is -2.37. The number of para-hydroxylation sites is 1. The number of hydrogen-bond donors (Lipinski definition) is 0. The van der Waals surface area contributed by atoms with Gasteiger partial charge in [-0.15, -0.1) is 0 Å². The number of fused-ring (bicyclic) bond motifs is 1. The summed E-state index contributed by atoms with van der Waals surface area (Å²) in [5.74, 6) is 0.992. The summed E-state index contributed by atoms with van der Waals surface area (Å²) in [6.07, 6.45) is 2.50. The zero-order valence-electron chi connectivity index (χ0n) is 12.9. The van der Waals surface area contributed by atoms with Crippen molar-refractivity contribution < 1.29 is 9.53 Å². The van der Waals surface area contributed by atoms with E-state index < -0.39 is 0 Å². The maximum atomic E-state index is 12.7. The number of rotatable bonds is 3. The Balaban J connectivity index is 1.59. The molecule has 3 rings (SSSR count). The van der Waals surface area contributed by atoms with E-state index in [1.165, 1.54) is 0 Å². The molecule has 0 aromatic heterocycles. The van der Waals surface area contributed by atoms with Crippen LogP contribution in [0, 0.1) is 0 Å². The number of likely N-dealkylation sites (tertiary alicyclic amines) is 1. The van der Waals surface area contributed by atoms with Crippen LogP contribution in [-0.2, 0) is 11.2 Å². The maximum Gasteiger partial charge on any atom is 0.263 e. The summed E-state index contributed by atoms with van der Waals surface area (Å²) < 4.78 is 5.82. The number of piperidine rings is 1. The van der Waals surface area contributed by atoms with Crippen molar-refractivity contribution in [3.63, 3.8) is 0 Å². The molecule has 0 spiro atoms. The number of amides is 1. The van der Waals surface area contributed by atoms with Crippen molar-refractivity contribution in [1.82, 2.24) is 9.80 Å². The molecule has 1 saturated heterocycles. The van der Waals surface area contributed by atoms with Crippen molar-refractivity contribution in [3.05, 3.63) is 29.8 Å². The minimum absolute atomic E-state index is 0.126. The van der Waals surface area contributed by atoms with E-state index in [0.717, 1.165) is 43.8 Å². The average Bonchev–Trinajstić information content (AvgIpc) is 2.97. The highest BCUT2D eigenvalue weighted by Crippen LogP contribution is 2.29. The van der Waals surface area contributed by atoms with Gasteiger partial charge >= 0.3 is 0 Å². The predicted molar refractivity (Wildman–Crippen MR) is 82.5 cm³/mol. The van der Waals surface area contributed by atoms with Gasteiger partial charge in [-0.25, -0.2) is 0 Å². The number of carbonyl (C=O) groups excluding carboxylic acids is 1. The first kappa shape index (κ1) is 14.4. The largest absolute Gasteiger partial charge is 0.480 e. The van der Waals surface area contributed by atoms with Gasteiger partial charge in [0.05, 0.1) is 0 Å². The highest BCUT2D eigenvalue weighted by atomic mass is 16.5. The van der Waals surface area contributed by atoms with Crippen LogP contribution in [0.3, 0.4) is 0 Å². The van der Waals surface area contributed by atoms with Crippen molar-refractivity contribution in [1.29, 1.82) is 0 Å². The summed E-state index contributed by atoms with van der Waals surface area (Å²) in [5, 5.41) is 0. The summed E-state index contributed by atoms with van der Waals surface area (Å²) in [4.78, 5) is 17.0. The lowest BCUT2D eigenvalue weighted by Crippen LogP contribution is -2.49. The van der Waals surface area contributed by atoms with E-state index >= 15 is 0 Å². The van der Waals surface area contributed by atoms with Crippen LogP contribution in [0.25, 0.3) is 0 Å². The van der Waals surface area contributed by atoms with Gasteiger partial charge in [-0.3, -0.25) is 4.79 Å². The molecule has 1 aromatic rings. The third-order valence-electron chi connectivity index (χ3n) is 4.82. The highest BCUT2D eigenvalue weighted by Gasteiger charge is 2.34. The quantitative estimate of drug-likeness (QED) is 0.852. The second kappa shape index (κ2) is 6.06. The van der Waals surface area contributed by atoms with Gasteiger partial charge in [-0.05, 0) is 31.0 Å². The Bertz CT molecular complexity index is 484. The van der Waals surface area contributed by atoms with Crippen LogP contribution in [0.15, 0.2) is 24.3 Å². The minimum atomic E-state index is -0.336. The Morgan fingerprint density at radius 1 is 1.33 bits per heavy atom. The average molecular weight is 288 g/mol. The van der Waals surface area contributed by atoms with Gasteiger partial charge in [0.15, 0.2) is 6.10 Å². The van der Waals surface area contributed by atoms with Crippen LogP contribution in [-0.4, -0.2) is 54.5 Å². The molecule has 1 fully saturated rings. The standard InChI is InChI=1S/C17H24N2O2/c1-3-19-10-8-14(9-11-19)18(2)17(20)16-12-13-6-4-5-7-15(13)21-16/h4-7,14,16H,3,8-12H2,1-2H3. The monoisotopic (exact) mass is 288 g/mol. The van der Waals surface area contributed by atoms with E-state index in [-0.39, 0.29) is 12.0 Å². The van der Waals surface area contributed by atoms with Gasteiger partial charge in [-0.2, -0.15) is 0 Å². The highest BCUT2D eigenvalue weighted by molar-refractivity contribution is 5.82. The summed E-state index contributed by atoms with van der Waals surface area (Å²) in [5.41, 5.74) is 1.14. The minimum Gasteiger partial charge on any atom is -0.480 e. The van der Waals surface area contributed by atoms with Gasteiger partial charge < -0.3 is 14.5 Å². The number of ether oxygens (including phenoxy) is 1. The van der Waals surface area contributed by atoms with Crippen molar-refractivity contribution >= 4 is 5.91 Å². The maximum absolute atomic E-state index is 12.7. The van der Waals surface area contributed by atoms with Crippen LogP contribution in [0.2, 0.25) is 0 Å². The lowest BCUT2D eigenvalue weighted by atomic mass is 10.0. The van der Waals surface area contributed by atoms with E-state index in [1.807, 2.05) is 36.2 Å². The second-order valence-corrected chi connectivity index (χ2v) is 6.03. The van der Waals surface area contributed by atoms with E-state index in [2.05, 4.69) is 11.8 Å². The van der Waals surface area contributed by atoms with Crippen molar-refractivity contribution in [2.45, 2.75) is 38.3 Å². The predicted octanol–water partition coefficient (Wildman–Crippen LogP) is 1.93. The fourth-order valence-corrected chi connectivity index (χ4v) is 3.35. The molecule has 2 aliphatic heterocycles. The normalized spacial score (nSPS) is 22.7. The molecule has 0 aliphatic carbocycles. The first-order valence-corrected chi connectivity index (χ1v) is 7.92. The molecule has 0 N–H and O–H groups in total. The van der Waals surface area contributed by atoms with E-state index in [0.29, 0.717) is 12.5 Å². The molecule has 0 bridgehead atoms. The Hall–Kier alpha value is -1.55. The number of benzene rings is 1. The number of hydrogen-bond acceptors (Lipinski definition) is 3. The van der Waals surface area contributed by atoms with Crippen LogP contribution in [0.1, 0.15) is 25.3 Å². The van der Waals surface area contributed by atoms with E-state index in [1.54, 1.807) is 0 Å². The molecule has 1 amide bonds. The SMILES string of the molecule is CCN1CCC(N(C)C(=O)C2Cc3ccccc3O2)CC1. The Kier molecular flexibility index (Phi) is 4.15. The molecular weight excluding hydrogens is 264 g/mol. The number of likely N-dealkylation sites (N-methyl/N-ethyl adjacent to an activating group) is 1. The molecule has 114 valence electrons. The zero-order valence-corrected chi connectivity index (χ0v) is 12.9. The van der Waals surface area contributed by atoms with E-state index in [9.17, 15) is 4.79 Å². The first-order valence-electron chi connectivity index (χ1n) is 7.92. The summed E-state index contributed by atoms with van der Waals surface area (Å²) in [7, 11) is 1.93. The molecule has 21 heavy (non-hydrogen) atoms. The number of carbonyl (C=O) groups is 1. The summed E-state index contributed by atoms with van der Waals surface area (Å²) in [6, 6.07) is 8.30. The number of nitrogens with zero attached hydrogens (tertiary/aromatic N) is 2. The second-order valence-electron chi connectivity index (χ2n) is 6.03. The van der Waals surface area contributed by atoms with Crippen LogP contribution in [0.5, 0.6) is 5.75 Å². The van der Waals surface area contributed by atoms with Crippen LogP contribution < -0.4 is 4.74 Å². The van der Waals surface area contributed by atoms with Crippen molar-refractivity contribution in [2.24, 2.45) is 0 Å². The van der Waals surface area contributed by atoms with Crippen LogP contribution in [0.4, 0.5) is 0 Å². The van der Waals surface area contributed by atoms with Crippen molar-refractivity contribution in [2.75, 3.05) is 26.7 Å². The van der Waals surface area contributed by atoms with Gasteiger partial charge in [0.2, 0.25) is 0 Å². The summed E-state index contributed by atoms with van der Waals surface area (Å²) in [6.45, 7) is 5.47. The molecule has 0 radical (unpaired) electrons. The van der Waals surface area contributed by atoms with Gasteiger partial charge in [0.25, 0.3) is 5.91 Å². The van der Waals surface area contributed by atoms with E-state index in [4.69, 9.17) is 4.74 Å². The smallest absolute Gasteiger partial charge is 0.263 e. The molecule has 1 atom stereocenters. The molecular formula is C17H24N2O2. The molecule has 2 heterocycles. The first-order chi connectivity index (χ1) is 10.2. The molecule has 4 heteroatoms.